The van der Waals surface area contributed by atoms with Crippen molar-refractivity contribution in [2.75, 3.05) is 0 Å². The van der Waals surface area contributed by atoms with Crippen molar-refractivity contribution in [2.24, 2.45) is 10.7 Å². The highest BCUT2D eigenvalue weighted by Gasteiger charge is 2.47. The van der Waals surface area contributed by atoms with Crippen molar-refractivity contribution in [3.8, 4) is 33.4 Å². The Bertz CT molecular complexity index is 3310. The molecule has 10 aromatic rings. The molecule has 0 fully saturated rings. The van der Waals surface area contributed by atoms with Crippen LogP contribution in [0.1, 0.15) is 38.9 Å². The monoisotopic (exact) mass is 804 g/mol. The van der Waals surface area contributed by atoms with E-state index >= 15 is 0 Å². The number of allylic oxidation sites excluding steroid dienone is 1. The SMILES string of the molecule is N/C(=C\C(=NCc1ccccc1)c1ccccc1)c1ccc(-c2cccc(-c3cccc4c3-c3ccc5ccccc5c3C4(c3ccccc3)c3ccccc3)c2)c2ccccc12. The van der Waals surface area contributed by atoms with Gasteiger partial charge in [-0.3, -0.25) is 4.99 Å². The van der Waals surface area contributed by atoms with E-state index in [-0.39, 0.29) is 0 Å². The van der Waals surface area contributed by atoms with Crippen LogP contribution in [0.4, 0.5) is 0 Å². The number of benzene rings is 10. The lowest BCUT2D eigenvalue weighted by atomic mass is 9.66. The number of hydrogen-bond donors (Lipinski definition) is 1. The Morgan fingerprint density at radius 3 is 1.75 bits per heavy atom. The van der Waals surface area contributed by atoms with Gasteiger partial charge < -0.3 is 5.73 Å². The molecule has 0 heterocycles. The van der Waals surface area contributed by atoms with E-state index in [0.717, 1.165) is 44.3 Å². The van der Waals surface area contributed by atoms with Gasteiger partial charge in [0, 0.05) is 11.3 Å². The minimum atomic E-state index is -0.520. The summed E-state index contributed by atoms with van der Waals surface area (Å²) in [6.45, 7) is 0.567. The molecule has 298 valence electrons. The highest BCUT2D eigenvalue weighted by Crippen LogP contribution is 2.60. The molecule has 0 aromatic heterocycles. The van der Waals surface area contributed by atoms with Crippen LogP contribution in [0, 0.1) is 0 Å². The number of rotatable bonds is 9. The molecule has 2 heteroatoms. The van der Waals surface area contributed by atoms with Crippen molar-refractivity contribution in [3.05, 3.63) is 282 Å². The third-order valence-electron chi connectivity index (χ3n) is 12.8. The zero-order valence-electron chi connectivity index (χ0n) is 34.8. The Balaban J connectivity index is 1.06. The first-order valence-corrected chi connectivity index (χ1v) is 21.7. The van der Waals surface area contributed by atoms with Crippen LogP contribution in [-0.2, 0) is 12.0 Å². The van der Waals surface area contributed by atoms with E-state index in [1.54, 1.807) is 0 Å². The molecule has 0 unspecified atom stereocenters. The van der Waals surface area contributed by atoms with Crippen LogP contribution in [0.15, 0.2) is 248 Å². The second-order valence-corrected chi connectivity index (χ2v) is 16.4. The molecule has 2 nitrogen and oxygen atoms in total. The average Bonchev–Trinajstić information content (AvgIpc) is 3.68. The van der Waals surface area contributed by atoms with Gasteiger partial charge in [-0.05, 0) is 100 Å². The van der Waals surface area contributed by atoms with Gasteiger partial charge in [-0.25, -0.2) is 0 Å². The van der Waals surface area contributed by atoms with Gasteiger partial charge in [-0.15, -0.1) is 0 Å². The molecule has 0 radical (unpaired) electrons. The summed E-state index contributed by atoms with van der Waals surface area (Å²) in [7, 11) is 0. The summed E-state index contributed by atoms with van der Waals surface area (Å²) in [5.41, 5.74) is 23.7. The Hall–Kier alpha value is -8.07. The van der Waals surface area contributed by atoms with Crippen molar-refractivity contribution in [2.45, 2.75) is 12.0 Å². The highest BCUT2D eigenvalue weighted by atomic mass is 14.7. The van der Waals surface area contributed by atoms with Gasteiger partial charge in [0.1, 0.15) is 0 Å². The Morgan fingerprint density at radius 2 is 1.03 bits per heavy atom. The van der Waals surface area contributed by atoms with Gasteiger partial charge in [0.15, 0.2) is 0 Å². The second-order valence-electron chi connectivity index (χ2n) is 16.4. The molecule has 0 saturated heterocycles. The van der Waals surface area contributed by atoms with Crippen LogP contribution >= 0.6 is 0 Å². The van der Waals surface area contributed by atoms with Gasteiger partial charge in [0.2, 0.25) is 0 Å². The summed E-state index contributed by atoms with van der Waals surface area (Å²) >= 11 is 0. The molecule has 0 spiro atoms. The quantitative estimate of drug-likeness (QED) is 0.145. The van der Waals surface area contributed by atoms with Crippen LogP contribution in [0.2, 0.25) is 0 Å². The zero-order valence-corrected chi connectivity index (χ0v) is 34.8. The average molecular weight is 805 g/mol. The van der Waals surface area contributed by atoms with E-state index in [2.05, 4.69) is 212 Å². The predicted molar refractivity (Wildman–Crippen MR) is 265 cm³/mol. The number of nitrogens with zero attached hydrogens (tertiary/aromatic N) is 1. The molecular weight excluding hydrogens is 761 g/mol. The number of fused-ring (bicyclic) bond motifs is 6. The molecule has 0 aliphatic heterocycles. The molecule has 1 aliphatic rings. The molecule has 2 N–H and O–H groups in total. The maximum absolute atomic E-state index is 7.07. The molecule has 10 aromatic carbocycles. The second kappa shape index (κ2) is 16.1. The van der Waals surface area contributed by atoms with Crippen molar-refractivity contribution >= 4 is 33.0 Å². The summed E-state index contributed by atoms with van der Waals surface area (Å²) < 4.78 is 0. The Labute approximate surface area is 369 Å². The Kier molecular flexibility index (Phi) is 9.67. The minimum Gasteiger partial charge on any atom is -0.398 e. The fourth-order valence-electron chi connectivity index (χ4n) is 10.0. The lowest BCUT2D eigenvalue weighted by molar-refractivity contribution is 0.775. The number of aliphatic imine (C=N–C) groups is 1. The molecular formula is C61H44N2. The largest absolute Gasteiger partial charge is 0.398 e. The lowest BCUT2D eigenvalue weighted by Crippen LogP contribution is -2.28. The van der Waals surface area contributed by atoms with Crippen LogP contribution in [0.25, 0.3) is 60.6 Å². The number of nitrogens with two attached hydrogens (primary N) is 1. The molecule has 0 bridgehead atoms. The molecule has 11 rings (SSSR count). The summed E-state index contributed by atoms with van der Waals surface area (Å²) in [4.78, 5) is 5.07. The Morgan fingerprint density at radius 1 is 0.460 bits per heavy atom. The normalized spacial score (nSPS) is 13.2. The van der Waals surface area contributed by atoms with Crippen molar-refractivity contribution in [3.63, 3.8) is 0 Å². The van der Waals surface area contributed by atoms with Crippen LogP contribution in [0.5, 0.6) is 0 Å². The van der Waals surface area contributed by atoms with Crippen molar-refractivity contribution < 1.29 is 0 Å². The molecule has 1 aliphatic carbocycles. The first kappa shape index (κ1) is 37.9. The first-order chi connectivity index (χ1) is 31.2. The standard InChI is InChI=1S/C61H44N2/c62-57(40-58(44-22-7-2-8-23-44)63-41-42-19-5-1-6-20-42)54-38-37-49(52-31-15-16-32-53(52)54)45-24-17-25-46(39-45)50-33-18-34-56-59(50)55-36-35-43-21-13-14-30-51(43)60(55)61(56,47-26-9-3-10-27-47)48-28-11-4-12-29-48/h1-40H,41,62H2/b57-40-,63-58?. The topological polar surface area (TPSA) is 38.4 Å². The predicted octanol–water partition coefficient (Wildman–Crippen LogP) is 14.7. The molecule has 0 amide bonds. The van der Waals surface area contributed by atoms with Crippen LogP contribution in [0.3, 0.4) is 0 Å². The molecule has 63 heavy (non-hydrogen) atoms. The van der Waals surface area contributed by atoms with E-state index in [0.29, 0.717) is 12.2 Å². The third kappa shape index (κ3) is 6.56. The minimum absolute atomic E-state index is 0.520. The highest BCUT2D eigenvalue weighted by molar-refractivity contribution is 6.14. The maximum Gasteiger partial charge on any atom is 0.0719 e. The van der Waals surface area contributed by atoms with Gasteiger partial charge >= 0.3 is 0 Å². The van der Waals surface area contributed by atoms with Gasteiger partial charge in [0.05, 0.1) is 17.7 Å². The van der Waals surface area contributed by atoms with Crippen LogP contribution < -0.4 is 5.73 Å². The lowest BCUT2D eigenvalue weighted by Gasteiger charge is -2.34. The van der Waals surface area contributed by atoms with E-state index in [1.807, 2.05) is 30.3 Å². The van der Waals surface area contributed by atoms with E-state index in [1.165, 1.54) is 55.3 Å². The molecule has 0 saturated carbocycles. The van der Waals surface area contributed by atoms with E-state index in [4.69, 9.17) is 10.7 Å². The maximum atomic E-state index is 7.07. The number of hydrogen-bond acceptors (Lipinski definition) is 2. The van der Waals surface area contributed by atoms with Gasteiger partial charge in [0.25, 0.3) is 0 Å². The zero-order chi connectivity index (χ0) is 42.2. The van der Waals surface area contributed by atoms with Crippen molar-refractivity contribution in [1.82, 2.24) is 0 Å². The summed E-state index contributed by atoms with van der Waals surface area (Å²) in [6, 6.07) is 85.3. The van der Waals surface area contributed by atoms with Crippen molar-refractivity contribution in [1.29, 1.82) is 0 Å². The molecule has 0 atom stereocenters. The smallest absolute Gasteiger partial charge is 0.0719 e. The summed E-state index contributed by atoms with van der Waals surface area (Å²) in [5, 5.41) is 4.76. The van der Waals surface area contributed by atoms with Gasteiger partial charge in [-0.1, -0.05) is 231 Å². The summed E-state index contributed by atoms with van der Waals surface area (Å²) in [6.07, 6.45) is 2.03. The third-order valence-corrected chi connectivity index (χ3v) is 12.8. The fourth-order valence-corrected chi connectivity index (χ4v) is 10.0. The summed E-state index contributed by atoms with van der Waals surface area (Å²) in [5.74, 6) is 0. The van der Waals surface area contributed by atoms with Crippen LogP contribution in [-0.4, -0.2) is 5.71 Å². The first-order valence-electron chi connectivity index (χ1n) is 21.7. The van der Waals surface area contributed by atoms with Gasteiger partial charge in [-0.2, -0.15) is 0 Å². The van der Waals surface area contributed by atoms with E-state index < -0.39 is 5.41 Å². The fraction of sp³-hybridized carbons (Fsp3) is 0.0328. The van der Waals surface area contributed by atoms with E-state index in [9.17, 15) is 0 Å².